The number of anilines is 1. The molecule has 2 aliphatic rings. The number of rotatable bonds is 5. The number of benzene rings is 2. The second kappa shape index (κ2) is 9.25. The number of aromatic nitrogens is 2. The van der Waals surface area contributed by atoms with Gasteiger partial charge in [-0.05, 0) is 37.1 Å². The van der Waals surface area contributed by atoms with E-state index in [-0.39, 0.29) is 24.3 Å². The van der Waals surface area contributed by atoms with Crippen molar-refractivity contribution in [2.45, 2.75) is 44.6 Å². The standard InChI is InChI=1S/C26H30N4O3/c1-33-21-10-8-9-20(16-21)29-17-19(15-24(29)31)26-27-22-11-4-5-12-23(22)30(26)18-25(32)28-13-6-2-3-7-14-28/h4-5,8-12,16,19H,2-3,6-7,13-15,17-18H2,1H3/t19-/m1/s1. The van der Waals surface area contributed by atoms with E-state index in [1.165, 1.54) is 12.8 Å². The normalized spacial score (nSPS) is 19.2. The Kier molecular flexibility index (Phi) is 6.03. The molecule has 33 heavy (non-hydrogen) atoms. The minimum atomic E-state index is -0.0759. The topological polar surface area (TPSA) is 67.7 Å². The van der Waals surface area contributed by atoms with E-state index in [0.29, 0.717) is 13.0 Å². The fourth-order valence-electron chi connectivity index (χ4n) is 5.04. The first-order valence-corrected chi connectivity index (χ1v) is 11.8. The molecule has 2 saturated heterocycles. The summed E-state index contributed by atoms with van der Waals surface area (Å²) in [4.78, 5) is 34.9. The first-order chi connectivity index (χ1) is 16.1. The Morgan fingerprint density at radius 2 is 1.85 bits per heavy atom. The van der Waals surface area contributed by atoms with E-state index in [1.807, 2.05) is 58.0 Å². The van der Waals surface area contributed by atoms with Gasteiger partial charge in [-0.1, -0.05) is 31.0 Å². The Labute approximate surface area is 193 Å². The summed E-state index contributed by atoms with van der Waals surface area (Å²) < 4.78 is 7.37. The van der Waals surface area contributed by atoms with Gasteiger partial charge in [0.15, 0.2) is 0 Å². The van der Waals surface area contributed by atoms with Gasteiger partial charge in [0.25, 0.3) is 0 Å². The summed E-state index contributed by atoms with van der Waals surface area (Å²) in [6, 6.07) is 15.5. The highest BCUT2D eigenvalue weighted by atomic mass is 16.5. The van der Waals surface area contributed by atoms with E-state index < -0.39 is 0 Å². The number of methoxy groups -OCH3 is 1. The Morgan fingerprint density at radius 1 is 1.06 bits per heavy atom. The van der Waals surface area contributed by atoms with Crippen LogP contribution in [0, 0.1) is 0 Å². The molecular weight excluding hydrogens is 416 g/mol. The largest absolute Gasteiger partial charge is 0.497 e. The monoisotopic (exact) mass is 446 g/mol. The molecule has 0 radical (unpaired) electrons. The third-order valence-electron chi connectivity index (χ3n) is 6.79. The van der Waals surface area contributed by atoms with Crippen molar-refractivity contribution in [3.8, 4) is 5.75 Å². The highest BCUT2D eigenvalue weighted by molar-refractivity contribution is 5.96. The van der Waals surface area contributed by atoms with Crippen LogP contribution in [0.15, 0.2) is 48.5 Å². The molecule has 2 aromatic carbocycles. The van der Waals surface area contributed by atoms with Crippen molar-refractivity contribution >= 4 is 28.5 Å². The van der Waals surface area contributed by atoms with Crippen molar-refractivity contribution in [1.29, 1.82) is 0 Å². The Balaban J connectivity index is 1.44. The van der Waals surface area contributed by atoms with Crippen LogP contribution in [-0.2, 0) is 16.1 Å². The molecule has 3 heterocycles. The molecule has 7 heteroatoms. The number of hydrogen-bond acceptors (Lipinski definition) is 4. The average Bonchev–Trinajstić information content (AvgIpc) is 3.27. The molecule has 0 unspecified atom stereocenters. The number of imidazole rings is 1. The lowest BCUT2D eigenvalue weighted by atomic mass is 10.1. The van der Waals surface area contributed by atoms with E-state index in [2.05, 4.69) is 0 Å². The summed E-state index contributed by atoms with van der Waals surface area (Å²) in [5.41, 5.74) is 2.64. The van der Waals surface area contributed by atoms with E-state index in [0.717, 1.165) is 54.2 Å². The number of para-hydroxylation sites is 2. The first-order valence-electron chi connectivity index (χ1n) is 11.8. The zero-order valence-electron chi connectivity index (χ0n) is 19.1. The van der Waals surface area contributed by atoms with Crippen LogP contribution in [-0.4, -0.2) is 53.0 Å². The van der Waals surface area contributed by atoms with Gasteiger partial charge in [0, 0.05) is 43.7 Å². The summed E-state index contributed by atoms with van der Waals surface area (Å²) >= 11 is 0. The van der Waals surface area contributed by atoms with Crippen molar-refractivity contribution in [2.24, 2.45) is 0 Å². The van der Waals surface area contributed by atoms with Crippen molar-refractivity contribution < 1.29 is 14.3 Å². The molecule has 0 N–H and O–H groups in total. The van der Waals surface area contributed by atoms with Gasteiger partial charge in [-0.3, -0.25) is 9.59 Å². The molecule has 1 aromatic heterocycles. The summed E-state index contributed by atoms with van der Waals surface area (Å²) in [6.07, 6.45) is 4.88. The van der Waals surface area contributed by atoms with Gasteiger partial charge >= 0.3 is 0 Å². The number of hydrogen-bond donors (Lipinski definition) is 0. The van der Waals surface area contributed by atoms with E-state index in [4.69, 9.17) is 9.72 Å². The number of nitrogens with zero attached hydrogens (tertiary/aromatic N) is 4. The molecule has 0 aliphatic carbocycles. The smallest absolute Gasteiger partial charge is 0.242 e. The molecule has 0 saturated carbocycles. The van der Waals surface area contributed by atoms with Crippen molar-refractivity contribution in [2.75, 3.05) is 31.6 Å². The number of amides is 2. The Hall–Kier alpha value is -3.35. The van der Waals surface area contributed by atoms with Crippen LogP contribution < -0.4 is 9.64 Å². The minimum Gasteiger partial charge on any atom is -0.497 e. The highest BCUT2D eigenvalue weighted by Gasteiger charge is 2.35. The van der Waals surface area contributed by atoms with Crippen LogP contribution in [0.3, 0.4) is 0 Å². The molecule has 3 aromatic rings. The molecule has 5 rings (SSSR count). The quantitative estimate of drug-likeness (QED) is 0.595. The number of ether oxygens (including phenoxy) is 1. The maximum absolute atomic E-state index is 13.2. The van der Waals surface area contributed by atoms with Crippen LogP contribution in [0.2, 0.25) is 0 Å². The van der Waals surface area contributed by atoms with Crippen LogP contribution in [0.4, 0.5) is 5.69 Å². The van der Waals surface area contributed by atoms with Gasteiger partial charge in [0.1, 0.15) is 18.1 Å². The van der Waals surface area contributed by atoms with E-state index in [1.54, 1.807) is 12.0 Å². The number of carbonyl (C=O) groups excluding carboxylic acids is 2. The van der Waals surface area contributed by atoms with Gasteiger partial charge in [0.2, 0.25) is 11.8 Å². The maximum atomic E-state index is 13.2. The average molecular weight is 447 g/mol. The van der Waals surface area contributed by atoms with Gasteiger partial charge in [-0.2, -0.15) is 0 Å². The third kappa shape index (κ3) is 4.32. The number of fused-ring (bicyclic) bond motifs is 1. The van der Waals surface area contributed by atoms with Crippen LogP contribution in [0.25, 0.3) is 11.0 Å². The summed E-state index contributed by atoms with van der Waals surface area (Å²) in [5, 5.41) is 0. The van der Waals surface area contributed by atoms with Gasteiger partial charge in [-0.25, -0.2) is 4.98 Å². The van der Waals surface area contributed by atoms with E-state index >= 15 is 0 Å². The lowest BCUT2D eigenvalue weighted by molar-refractivity contribution is -0.131. The Bertz CT molecular complexity index is 1160. The second-order valence-electron chi connectivity index (χ2n) is 8.95. The maximum Gasteiger partial charge on any atom is 0.242 e. The summed E-state index contributed by atoms with van der Waals surface area (Å²) in [5.74, 6) is 1.66. The van der Waals surface area contributed by atoms with Crippen LogP contribution in [0.5, 0.6) is 5.75 Å². The number of likely N-dealkylation sites (tertiary alicyclic amines) is 1. The number of carbonyl (C=O) groups is 2. The predicted molar refractivity (Wildman–Crippen MR) is 127 cm³/mol. The van der Waals surface area contributed by atoms with E-state index in [9.17, 15) is 9.59 Å². The fraction of sp³-hybridized carbons (Fsp3) is 0.423. The lowest BCUT2D eigenvalue weighted by Gasteiger charge is -2.22. The Morgan fingerprint density at radius 3 is 2.64 bits per heavy atom. The SMILES string of the molecule is COc1cccc(N2C[C@H](c3nc4ccccc4n3CC(=O)N3CCCCCC3)CC2=O)c1. The summed E-state index contributed by atoms with van der Waals surface area (Å²) in [6.45, 7) is 2.45. The molecule has 7 nitrogen and oxygen atoms in total. The third-order valence-corrected chi connectivity index (χ3v) is 6.79. The van der Waals surface area contributed by atoms with Crippen molar-refractivity contribution in [3.05, 3.63) is 54.4 Å². The predicted octanol–water partition coefficient (Wildman–Crippen LogP) is 3.97. The van der Waals surface area contributed by atoms with Crippen LogP contribution in [0.1, 0.15) is 43.8 Å². The summed E-state index contributed by atoms with van der Waals surface area (Å²) in [7, 11) is 1.62. The zero-order chi connectivity index (χ0) is 22.8. The zero-order valence-corrected chi connectivity index (χ0v) is 19.1. The minimum absolute atomic E-state index is 0.0608. The van der Waals surface area contributed by atoms with Gasteiger partial charge in [-0.15, -0.1) is 0 Å². The van der Waals surface area contributed by atoms with Crippen LogP contribution >= 0.6 is 0 Å². The molecular formula is C26H30N4O3. The molecule has 1 atom stereocenters. The highest BCUT2D eigenvalue weighted by Crippen LogP contribution is 2.34. The molecule has 172 valence electrons. The molecule has 2 fully saturated rings. The molecule has 2 aliphatic heterocycles. The van der Waals surface area contributed by atoms with Crippen molar-refractivity contribution in [1.82, 2.24) is 14.5 Å². The molecule has 2 amide bonds. The lowest BCUT2D eigenvalue weighted by Crippen LogP contribution is -2.35. The fourth-order valence-corrected chi connectivity index (χ4v) is 5.04. The van der Waals surface area contributed by atoms with Gasteiger partial charge in [0.05, 0.1) is 18.1 Å². The molecule has 0 spiro atoms. The van der Waals surface area contributed by atoms with Gasteiger partial charge < -0.3 is 19.1 Å². The first kappa shape index (κ1) is 21.5. The molecule has 0 bridgehead atoms. The second-order valence-corrected chi connectivity index (χ2v) is 8.95. The van der Waals surface area contributed by atoms with Crippen molar-refractivity contribution in [3.63, 3.8) is 0 Å².